The highest BCUT2D eigenvalue weighted by Crippen LogP contribution is 2.32. The van der Waals surface area contributed by atoms with Crippen molar-refractivity contribution in [3.8, 4) is 0 Å². The monoisotopic (exact) mass is 391 g/mol. The third-order valence-electron chi connectivity index (χ3n) is 6.21. The number of carbonyl (C=O) groups excluding carboxylic acids is 2. The van der Waals surface area contributed by atoms with Crippen LogP contribution in [0.15, 0.2) is 0 Å². The van der Waals surface area contributed by atoms with E-state index in [9.17, 15) is 9.59 Å². The van der Waals surface area contributed by atoms with E-state index in [0.717, 1.165) is 43.9 Å². The zero-order valence-electron chi connectivity index (χ0n) is 16.0. The topological polar surface area (TPSA) is 78.4 Å². The molecule has 1 aliphatic carbocycles. The summed E-state index contributed by atoms with van der Waals surface area (Å²) in [6.45, 7) is 4.57. The number of hydrogen-bond donors (Lipinski definition) is 1. The van der Waals surface area contributed by atoms with Crippen molar-refractivity contribution in [3.05, 3.63) is 0 Å². The van der Waals surface area contributed by atoms with E-state index in [2.05, 4.69) is 27.3 Å². The molecule has 1 aromatic heterocycles. The van der Waals surface area contributed by atoms with Gasteiger partial charge in [0.05, 0.1) is 5.92 Å². The van der Waals surface area contributed by atoms with Gasteiger partial charge >= 0.3 is 0 Å². The molecule has 2 aliphatic heterocycles. The summed E-state index contributed by atoms with van der Waals surface area (Å²) in [5, 5.41) is 13.4. The quantitative estimate of drug-likeness (QED) is 0.853. The number of anilines is 2. The number of carbonyl (C=O) groups is 2. The second-order valence-electron chi connectivity index (χ2n) is 8.18. The fraction of sp³-hybridized carbons (Fsp3) is 0.789. The molecule has 2 saturated heterocycles. The summed E-state index contributed by atoms with van der Waals surface area (Å²) < 4.78 is 0. The highest BCUT2D eigenvalue weighted by molar-refractivity contribution is 7.19. The van der Waals surface area contributed by atoms with Crippen molar-refractivity contribution < 1.29 is 9.59 Å². The fourth-order valence-corrected chi connectivity index (χ4v) is 5.42. The first-order valence-corrected chi connectivity index (χ1v) is 11.1. The maximum Gasteiger partial charge on any atom is 0.228 e. The lowest BCUT2D eigenvalue weighted by atomic mass is 9.85. The summed E-state index contributed by atoms with van der Waals surface area (Å²) in [4.78, 5) is 28.6. The van der Waals surface area contributed by atoms with Crippen molar-refractivity contribution in [3.63, 3.8) is 0 Å². The molecule has 3 heterocycles. The Balaban J connectivity index is 1.37. The van der Waals surface area contributed by atoms with Crippen LogP contribution in [0.2, 0.25) is 0 Å². The Hall–Kier alpha value is -1.70. The van der Waals surface area contributed by atoms with Gasteiger partial charge in [0.1, 0.15) is 0 Å². The lowest BCUT2D eigenvalue weighted by molar-refractivity contribution is -0.126. The average molecular weight is 392 g/mol. The van der Waals surface area contributed by atoms with Gasteiger partial charge in [0.25, 0.3) is 0 Å². The number of hydrogen-bond acceptors (Lipinski definition) is 6. The smallest absolute Gasteiger partial charge is 0.228 e. The third-order valence-corrected chi connectivity index (χ3v) is 7.22. The first-order chi connectivity index (χ1) is 13.1. The number of aromatic nitrogens is 2. The van der Waals surface area contributed by atoms with Crippen LogP contribution < -0.4 is 15.1 Å². The summed E-state index contributed by atoms with van der Waals surface area (Å²) in [6, 6.07) is 0.330. The minimum atomic E-state index is 0.00800. The molecule has 3 unspecified atom stereocenters. The molecule has 0 bridgehead atoms. The Morgan fingerprint density at radius 2 is 1.89 bits per heavy atom. The molecule has 2 amide bonds. The fourth-order valence-electron chi connectivity index (χ4n) is 4.49. The number of piperidine rings is 1. The van der Waals surface area contributed by atoms with Gasteiger partial charge in [-0.1, -0.05) is 31.1 Å². The molecule has 0 spiro atoms. The van der Waals surface area contributed by atoms with E-state index in [1.807, 2.05) is 0 Å². The molecule has 8 heteroatoms. The van der Waals surface area contributed by atoms with Crippen molar-refractivity contribution in [2.45, 2.75) is 64.3 Å². The molecule has 3 atom stereocenters. The lowest BCUT2D eigenvalue weighted by Crippen LogP contribution is -2.48. The second kappa shape index (κ2) is 8.12. The van der Waals surface area contributed by atoms with Gasteiger partial charge in [0.2, 0.25) is 22.1 Å². The van der Waals surface area contributed by atoms with E-state index < -0.39 is 0 Å². The first kappa shape index (κ1) is 18.7. The van der Waals surface area contributed by atoms with E-state index in [1.165, 1.54) is 30.6 Å². The summed E-state index contributed by atoms with van der Waals surface area (Å²) in [6.07, 6.45) is 8.21. The Morgan fingerprint density at radius 1 is 1.07 bits per heavy atom. The SMILES string of the molecule is CC1CCCCC1NC(=O)C1CCCN(c2nnc(N3CCCC3=O)s2)C1. The molecule has 0 aromatic carbocycles. The average Bonchev–Trinajstić information content (AvgIpc) is 3.32. The number of nitrogens with zero attached hydrogens (tertiary/aromatic N) is 4. The Labute approximate surface area is 164 Å². The largest absolute Gasteiger partial charge is 0.353 e. The van der Waals surface area contributed by atoms with Crippen LogP contribution >= 0.6 is 11.3 Å². The molecular weight excluding hydrogens is 362 g/mol. The number of amides is 2. The van der Waals surface area contributed by atoms with Crippen LogP contribution in [0, 0.1) is 11.8 Å². The molecule has 1 saturated carbocycles. The maximum atomic E-state index is 12.8. The molecule has 4 rings (SSSR count). The summed E-state index contributed by atoms with van der Waals surface area (Å²) in [5.74, 6) is 0.910. The van der Waals surface area contributed by atoms with Gasteiger partial charge in [-0.15, -0.1) is 10.2 Å². The van der Waals surface area contributed by atoms with Crippen LogP contribution in [0.3, 0.4) is 0 Å². The molecule has 0 radical (unpaired) electrons. The van der Waals surface area contributed by atoms with Crippen molar-refractivity contribution in [1.82, 2.24) is 15.5 Å². The molecular formula is C19H29N5O2S. The summed E-state index contributed by atoms with van der Waals surface area (Å²) in [7, 11) is 0. The molecule has 1 N–H and O–H groups in total. The van der Waals surface area contributed by atoms with E-state index in [-0.39, 0.29) is 17.7 Å². The van der Waals surface area contributed by atoms with Gasteiger partial charge in [-0.2, -0.15) is 0 Å². The minimum Gasteiger partial charge on any atom is -0.353 e. The van der Waals surface area contributed by atoms with Crippen LogP contribution in [-0.4, -0.2) is 47.7 Å². The molecule has 148 valence electrons. The van der Waals surface area contributed by atoms with Crippen LogP contribution in [0.4, 0.5) is 10.3 Å². The van der Waals surface area contributed by atoms with Crippen molar-refractivity contribution in [1.29, 1.82) is 0 Å². The first-order valence-electron chi connectivity index (χ1n) is 10.3. The highest BCUT2D eigenvalue weighted by atomic mass is 32.1. The van der Waals surface area contributed by atoms with Gasteiger partial charge in [0.15, 0.2) is 0 Å². The Morgan fingerprint density at radius 3 is 2.67 bits per heavy atom. The molecule has 1 aromatic rings. The molecule has 27 heavy (non-hydrogen) atoms. The van der Waals surface area contributed by atoms with E-state index in [0.29, 0.717) is 30.1 Å². The predicted molar refractivity (Wildman–Crippen MR) is 106 cm³/mol. The number of rotatable bonds is 4. The molecule has 7 nitrogen and oxygen atoms in total. The van der Waals surface area contributed by atoms with E-state index in [4.69, 9.17) is 0 Å². The standard InChI is InChI=1S/C19H29N5O2S/c1-13-6-2-3-8-15(13)20-17(26)14-7-4-10-23(12-14)18-21-22-19(27-18)24-11-5-9-16(24)25/h13-15H,2-12H2,1H3,(H,20,26). The minimum absolute atomic E-state index is 0.00800. The third kappa shape index (κ3) is 4.10. The van der Waals surface area contributed by atoms with Crippen LogP contribution in [0.25, 0.3) is 0 Å². The van der Waals surface area contributed by atoms with E-state index in [1.54, 1.807) is 4.90 Å². The Bertz CT molecular complexity index is 693. The molecule has 3 aliphatic rings. The van der Waals surface area contributed by atoms with Crippen LogP contribution in [-0.2, 0) is 9.59 Å². The van der Waals surface area contributed by atoms with Gasteiger partial charge in [-0.25, -0.2) is 0 Å². The number of nitrogens with one attached hydrogen (secondary N) is 1. The lowest BCUT2D eigenvalue weighted by Gasteiger charge is -2.34. The van der Waals surface area contributed by atoms with Crippen molar-refractivity contribution in [2.24, 2.45) is 11.8 Å². The normalized spacial score (nSPS) is 29.2. The summed E-state index contributed by atoms with van der Waals surface area (Å²) >= 11 is 1.47. The zero-order valence-corrected chi connectivity index (χ0v) is 16.8. The van der Waals surface area contributed by atoms with Crippen LogP contribution in [0.5, 0.6) is 0 Å². The van der Waals surface area contributed by atoms with E-state index >= 15 is 0 Å². The van der Waals surface area contributed by atoms with Gasteiger partial charge in [0, 0.05) is 32.1 Å². The zero-order chi connectivity index (χ0) is 18.8. The summed E-state index contributed by atoms with van der Waals surface area (Å²) in [5.41, 5.74) is 0. The maximum absolute atomic E-state index is 12.8. The van der Waals surface area contributed by atoms with Crippen molar-refractivity contribution >= 4 is 33.4 Å². The van der Waals surface area contributed by atoms with Gasteiger partial charge in [-0.05, 0) is 38.0 Å². The second-order valence-corrected chi connectivity index (χ2v) is 9.11. The highest BCUT2D eigenvalue weighted by Gasteiger charge is 2.32. The molecule has 3 fully saturated rings. The Kier molecular flexibility index (Phi) is 5.61. The van der Waals surface area contributed by atoms with Crippen LogP contribution in [0.1, 0.15) is 58.3 Å². The predicted octanol–water partition coefficient (Wildman–Crippen LogP) is 2.58. The van der Waals surface area contributed by atoms with Crippen molar-refractivity contribution in [2.75, 3.05) is 29.4 Å². The van der Waals surface area contributed by atoms with Gasteiger partial charge in [-0.3, -0.25) is 14.5 Å². The van der Waals surface area contributed by atoms with Gasteiger partial charge < -0.3 is 10.2 Å².